The summed E-state index contributed by atoms with van der Waals surface area (Å²) < 4.78 is 4.77. The van der Waals surface area contributed by atoms with Crippen LogP contribution < -0.4 is 0 Å². The Morgan fingerprint density at radius 1 is 1.21 bits per heavy atom. The summed E-state index contributed by atoms with van der Waals surface area (Å²) in [5, 5.41) is 16.9. The van der Waals surface area contributed by atoms with Gasteiger partial charge < -0.3 is 14.7 Å². The first kappa shape index (κ1) is 17.1. The molecule has 110 valence electrons. The Bertz CT molecular complexity index is 360. The second-order valence-corrected chi connectivity index (χ2v) is 5.49. The van der Waals surface area contributed by atoms with Crippen molar-refractivity contribution in [1.82, 2.24) is 5.01 Å². The van der Waals surface area contributed by atoms with Crippen LogP contribution in [0.15, 0.2) is 10.5 Å². The fourth-order valence-electron chi connectivity index (χ4n) is 0.651. The molecule has 0 saturated heterocycles. The smallest absolute Gasteiger partial charge is 0.330 e. The predicted octanol–water partition coefficient (Wildman–Crippen LogP) is 1.63. The number of carbonyl (C=O) groups is 2. The average Bonchev–Trinajstić information content (AvgIpc) is 2.26. The topological polar surface area (TPSA) is 101 Å². The lowest BCUT2D eigenvalue weighted by molar-refractivity contribution is -0.167. The van der Waals surface area contributed by atoms with Gasteiger partial charge in [-0.15, -0.1) is 0 Å². The third kappa shape index (κ3) is 5.54. The number of hydrogen-bond acceptors (Lipinski definition) is 6. The van der Waals surface area contributed by atoms with E-state index in [1.54, 1.807) is 20.8 Å². The molecule has 0 saturated carbocycles. The van der Waals surface area contributed by atoms with E-state index in [0.717, 1.165) is 5.01 Å². The number of rotatable bonds is 6. The molecule has 0 fully saturated rings. The van der Waals surface area contributed by atoms with Gasteiger partial charge in [0.15, 0.2) is 5.54 Å². The van der Waals surface area contributed by atoms with Crippen molar-refractivity contribution in [2.24, 2.45) is 15.9 Å². The summed E-state index contributed by atoms with van der Waals surface area (Å²) in [5.74, 6) is -1.48. The fourth-order valence-corrected chi connectivity index (χ4v) is 0.651. The summed E-state index contributed by atoms with van der Waals surface area (Å²) in [6.07, 6.45) is 0. The lowest BCUT2D eigenvalue weighted by Gasteiger charge is -2.26. The third-order valence-electron chi connectivity index (χ3n) is 2.42. The van der Waals surface area contributed by atoms with Crippen molar-refractivity contribution in [1.29, 1.82) is 0 Å². The maximum Gasteiger partial charge on any atom is 0.330 e. The number of nitrogens with zero attached hydrogens (tertiary/aromatic N) is 3. The SMILES string of the molecule is CN(N=NOCOC(=O)C(C)(C)C)C(C)(C)C(=O)O. The fraction of sp³-hybridized carbons (Fsp3) is 0.818. The highest BCUT2D eigenvalue weighted by atomic mass is 16.8. The largest absolute Gasteiger partial charge is 0.479 e. The summed E-state index contributed by atoms with van der Waals surface area (Å²) in [6, 6.07) is 0. The quantitative estimate of drug-likeness (QED) is 0.260. The highest BCUT2D eigenvalue weighted by Gasteiger charge is 2.32. The van der Waals surface area contributed by atoms with E-state index in [1.165, 1.54) is 20.9 Å². The van der Waals surface area contributed by atoms with E-state index >= 15 is 0 Å². The van der Waals surface area contributed by atoms with Crippen molar-refractivity contribution in [3.8, 4) is 0 Å². The minimum Gasteiger partial charge on any atom is -0.479 e. The van der Waals surface area contributed by atoms with Crippen LogP contribution in [0.4, 0.5) is 0 Å². The van der Waals surface area contributed by atoms with Crippen molar-refractivity contribution in [2.45, 2.75) is 40.2 Å². The molecule has 8 heteroatoms. The van der Waals surface area contributed by atoms with Crippen molar-refractivity contribution >= 4 is 11.9 Å². The lowest BCUT2D eigenvalue weighted by atomic mass is 9.98. The first-order chi connectivity index (χ1) is 8.49. The van der Waals surface area contributed by atoms with Crippen LogP contribution in [0.25, 0.3) is 0 Å². The molecule has 0 heterocycles. The van der Waals surface area contributed by atoms with Gasteiger partial charge in [0, 0.05) is 12.3 Å². The number of aliphatic carboxylic acids is 1. The molecule has 19 heavy (non-hydrogen) atoms. The highest BCUT2D eigenvalue weighted by molar-refractivity contribution is 5.77. The lowest BCUT2D eigenvalue weighted by Crippen LogP contribution is -2.44. The predicted molar refractivity (Wildman–Crippen MR) is 65.8 cm³/mol. The van der Waals surface area contributed by atoms with Crippen LogP contribution in [0.5, 0.6) is 0 Å². The van der Waals surface area contributed by atoms with Gasteiger partial charge in [-0.25, -0.2) is 4.79 Å². The zero-order valence-electron chi connectivity index (χ0n) is 12.1. The molecule has 1 N–H and O–H groups in total. The van der Waals surface area contributed by atoms with Gasteiger partial charge in [-0.3, -0.25) is 9.80 Å². The molecule has 0 radical (unpaired) electrons. The molecule has 0 aliphatic carbocycles. The molecular formula is C11H21N3O5. The van der Waals surface area contributed by atoms with Crippen LogP contribution in [-0.4, -0.2) is 41.4 Å². The van der Waals surface area contributed by atoms with E-state index in [4.69, 9.17) is 9.84 Å². The van der Waals surface area contributed by atoms with Crippen molar-refractivity contribution < 1.29 is 24.3 Å². The molecule has 0 rings (SSSR count). The van der Waals surface area contributed by atoms with Gasteiger partial charge in [0.1, 0.15) is 0 Å². The molecule has 0 atom stereocenters. The number of ether oxygens (including phenoxy) is 1. The zero-order chi connectivity index (χ0) is 15.3. The average molecular weight is 275 g/mol. The summed E-state index contributed by atoms with van der Waals surface area (Å²) in [4.78, 5) is 26.9. The van der Waals surface area contributed by atoms with E-state index in [1.807, 2.05) is 0 Å². The van der Waals surface area contributed by atoms with Crippen LogP contribution in [0.2, 0.25) is 0 Å². The van der Waals surface area contributed by atoms with E-state index in [-0.39, 0.29) is 6.79 Å². The summed E-state index contributed by atoms with van der Waals surface area (Å²) in [7, 11) is 1.45. The summed E-state index contributed by atoms with van der Waals surface area (Å²) in [6.45, 7) is 7.68. The van der Waals surface area contributed by atoms with Gasteiger partial charge >= 0.3 is 11.9 Å². The Balaban J connectivity index is 4.13. The standard InChI is InChI=1S/C11H21N3O5/c1-10(2,3)9(17)18-7-19-13-12-14(6)11(4,5)8(15)16/h7H2,1-6H3,(H,15,16). The molecule has 0 aromatic carbocycles. The minimum atomic E-state index is -1.21. The Morgan fingerprint density at radius 3 is 2.16 bits per heavy atom. The molecule has 0 aliphatic heterocycles. The number of likely N-dealkylation sites (N-methyl/N-ethyl adjacent to an activating group) is 1. The second-order valence-electron chi connectivity index (χ2n) is 5.49. The van der Waals surface area contributed by atoms with E-state index < -0.39 is 22.9 Å². The Labute approximate surface area is 112 Å². The molecule has 0 aromatic heterocycles. The zero-order valence-corrected chi connectivity index (χ0v) is 12.1. The van der Waals surface area contributed by atoms with Gasteiger partial charge in [0.2, 0.25) is 0 Å². The first-order valence-corrected chi connectivity index (χ1v) is 5.67. The molecule has 0 spiro atoms. The number of carboxylic acids is 1. The number of carboxylic acid groups (broad SMARTS) is 1. The normalized spacial score (nSPS) is 12.3. The second kappa shape index (κ2) is 6.35. The first-order valence-electron chi connectivity index (χ1n) is 5.67. The molecule has 0 unspecified atom stereocenters. The maximum absolute atomic E-state index is 11.3. The van der Waals surface area contributed by atoms with E-state index in [0.29, 0.717) is 0 Å². The van der Waals surface area contributed by atoms with Crippen molar-refractivity contribution in [3.63, 3.8) is 0 Å². The van der Waals surface area contributed by atoms with E-state index in [9.17, 15) is 9.59 Å². The van der Waals surface area contributed by atoms with Crippen LogP contribution in [0.3, 0.4) is 0 Å². The molecular weight excluding hydrogens is 254 g/mol. The Hall–Kier alpha value is -1.86. The molecule has 0 amide bonds. The van der Waals surface area contributed by atoms with Gasteiger partial charge in [0.05, 0.1) is 5.41 Å². The minimum absolute atomic E-state index is 0.374. The van der Waals surface area contributed by atoms with E-state index in [2.05, 4.69) is 15.3 Å². The van der Waals surface area contributed by atoms with Crippen LogP contribution in [0, 0.1) is 5.41 Å². The van der Waals surface area contributed by atoms with Gasteiger partial charge in [-0.1, -0.05) is 0 Å². The number of carbonyl (C=O) groups excluding carboxylic acids is 1. The van der Waals surface area contributed by atoms with Crippen molar-refractivity contribution in [3.05, 3.63) is 0 Å². The van der Waals surface area contributed by atoms with Crippen LogP contribution >= 0.6 is 0 Å². The highest BCUT2D eigenvalue weighted by Crippen LogP contribution is 2.15. The van der Waals surface area contributed by atoms with Crippen LogP contribution in [-0.2, 0) is 19.2 Å². The summed E-state index contributed by atoms with van der Waals surface area (Å²) in [5.41, 5.74) is -1.84. The Kier molecular flexibility index (Phi) is 5.73. The maximum atomic E-state index is 11.3. The number of esters is 1. The molecule has 0 aromatic rings. The van der Waals surface area contributed by atoms with Crippen LogP contribution in [0.1, 0.15) is 34.6 Å². The van der Waals surface area contributed by atoms with Crippen molar-refractivity contribution in [2.75, 3.05) is 13.8 Å². The molecule has 0 bridgehead atoms. The number of hydrogen-bond donors (Lipinski definition) is 1. The molecule has 8 nitrogen and oxygen atoms in total. The van der Waals surface area contributed by atoms with Gasteiger partial charge in [-0.05, 0) is 39.8 Å². The molecule has 0 aliphatic rings. The summed E-state index contributed by atoms with van der Waals surface area (Å²) >= 11 is 0. The monoisotopic (exact) mass is 275 g/mol. The Morgan fingerprint density at radius 2 is 1.74 bits per heavy atom. The van der Waals surface area contributed by atoms with Gasteiger partial charge in [0.25, 0.3) is 6.79 Å². The van der Waals surface area contributed by atoms with Gasteiger partial charge in [-0.2, -0.15) is 0 Å². The third-order valence-corrected chi connectivity index (χ3v) is 2.42.